The molecule has 0 aliphatic carbocycles. The SMILES string of the molecule is CNCC1CCOC1c1cccc(Cl)c1. The Morgan fingerprint density at radius 2 is 2.40 bits per heavy atom. The quantitative estimate of drug-likeness (QED) is 0.854. The van der Waals surface area contributed by atoms with Gasteiger partial charge < -0.3 is 10.1 Å². The molecule has 15 heavy (non-hydrogen) atoms. The number of benzene rings is 1. The first-order valence-electron chi connectivity index (χ1n) is 5.33. The first-order chi connectivity index (χ1) is 7.31. The zero-order valence-electron chi connectivity index (χ0n) is 8.87. The Balaban J connectivity index is 2.15. The van der Waals surface area contributed by atoms with Crippen LogP contribution in [-0.4, -0.2) is 20.2 Å². The summed E-state index contributed by atoms with van der Waals surface area (Å²) < 4.78 is 5.76. The van der Waals surface area contributed by atoms with Crippen LogP contribution in [0, 0.1) is 5.92 Å². The summed E-state index contributed by atoms with van der Waals surface area (Å²) in [6, 6.07) is 7.97. The van der Waals surface area contributed by atoms with E-state index < -0.39 is 0 Å². The van der Waals surface area contributed by atoms with E-state index in [0.717, 1.165) is 24.6 Å². The van der Waals surface area contributed by atoms with Crippen molar-refractivity contribution in [1.82, 2.24) is 5.32 Å². The maximum Gasteiger partial charge on any atom is 0.0866 e. The monoisotopic (exact) mass is 225 g/mol. The number of ether oxygens (including phenoxy) is 1. The molecule has 1 heterocycles. The fourth-order valence-electron chi connectivity index (χ4n) is 2.16. The van der Waals surface area contributed by atoms with Gasteiger partial charge >= 0.3 is 0 Å². The van der Waals surface area contributed by atoms with Gasteiger partial charge in [-0.05, 0) is 31.2 Å². The van der Waals surface area contributed by atoms with Gasteiger partial charge in [-0.2, -0.15) is 0 Å². The fourth-order valence-corrected chi connectivity index (χ4v) is 2.36. The van der Waals surface area contributed by atoms with Crippen molar-refractivity contribution in [2.75, 3.05) is 20.2 Å². The third-order valence-corrected chi connectivity index (χ3v) is 3.09. The van der Waals surface area contributed by atoms with Crippen LogP contribution in [-0.2, 0) is 4.74 Å². The summed E-state index contributed by atoms with van der Waals surface area (Å²) in [6.45, 7) is 1.85. The Kier molecular flexibility index (Phi) is 3.62. The number of hydrogen-bond acceptors (Lipinski definition) is 2. The van der Waals surface area contributed by atoms with Gasteiger partial charge in [0.2, 0.25) is 0 Å². The lowest BCUT2D eigenvalue weighted by Crippen LogP contribution is -2.21. The lowest BCUT2D eigenvalue weighted by Gasteiger charge is -2.18. The average Bonchev–Trinajstić information content (AvgIpc) is 2.66. The molecule has 1 aliphatic heterocycles. The predicted octanol–water partition coefficient (Wildman–Crippen LogP) is 2.64. The zero-order valence-corrected chi connectivity index (χ0v) is 9.63. The van der Waals surface area contributed by atoms with Crippen LogP contribution < -0.4 is 5.32 Å². The van der Waals surface area contributed by atoms with E-state index in [0.29, 0.717) is 5.92 Å². The molecule has 2 atom stereocenters. The Bertz CT molecular complexity index is 329. The van der Waals surface area contributed by atoms with Crippen LogP contribution in [0.5, 0.6) is 0 Å². The molecular weight excluding hydrogens is 210 g/mol. The average molecular weight is 226 g/mol. The van der Waals surface area contributed by atoms with Crippen LogP contribution in [0.3, 0.4) is 0 Å². The molecule has 1 saturated heterocycles. The largest absolute Gasteiger partial charge is 0.373 e. The van der Waals surface area contributed by atoms with Gasteiger partial charge in [0.25, 0.3) is 0 Å². The fraction of sp³-hybridized carbons (Fsp3) is 0.500. The Labute approximate surface area is 95.6 Å². The van der Waals surface area contributed by atoms with E-state index in [1.54, 1.807) is 0 Å². The molecule has 82 valence electrons. The first kappa shape index (κ1) is 10.9. The molecule has 3 heteroatoms. The van der Waals surface area contributed by atoms with Gasteiger partial charge in [-0.3, -0.25) is 0 Å². The van der Waals surface area contributed by atoms with Crippen molar-refractivity contribution in [1.29, 1.82) is 0 Å². The molecule has 0 aromatic heterocycles. The lowest BCUT2D eigenvalue weighted by molar-refractivity contribution is 0.0910. The summed E-state index contributed by atoms with van der Waals surface area (Å²) in [4.78, 5) is 0. The summed E-state index contributed by atoms with van der Waals surface area (Å²) in [7, 11) is 1.98. The van der Waals surface area contributed by atoms with Crippen molar-refractivity contribution in [3.63, 3.8) is 0 Å². The van der Waals surface area contributed by atoms with E-state index in [2.05, 4.69) is 11.4 Å². The first-order valence-corrected chi connectivity index (χ1v) is 5.70. The van der Waals surface area contributed by atoms with Gasteiger partial charge in [0.15, 0.2) is 0 Å². The van der Waals surface area contributed by atoms with Crippen LogP contribution >= 0.6 is 11.6 Å². The second-order valence-electron chi connectivity index (χ2n) is 3.95. The standard InChI is InChI=1S/C12H16ClNO/c1-14-8-10-5-6-15-12(10)9-3-2-4-11(13)7-9/h2-4,7,10,12,14H,5-6,8H2,1H3. The van der Waals surface area contributed by atoms with E-state index in [-0.39, 0.29) is 6.10 Å². The number of hydrogen-bond donors (Lipinski definition) is 1. The van der Waals surface area contributed by atoms with Gasteiger partial charge in [-0.25, -0.2) is 0 Å². The Morgan fingerprint density at radius 3 is 3.13 bits per heavy atom. The normalized spacial score (nSPS) is 25.7. The Hall–Kier alpha value is -0.570. The second kappa shape index (κ2) is 4.97. The van der Waals surface area contributed by atoms with Gasteiger partial charge in [-0.15, -0.1) is 0 Å². The molecule has 1 aliphatic rings. The topological polar surface area (TPSA) is 21.3 Å². The molecule has 2 unspecified atom stereocenters. The van der Waals surface area contributed by atoms with Crippen molar-refractivity contribution >= 4 is 11.6 Å². The van der Waals surface area contributed by atoms with Crippen molar-refractivity contribution in [3.05, 3.63) is 34.9 Å². The van der Waals surface area contributed by atoms with E-state index in [1.807, 2.05) is 25.2 Å². The van der Waals surface area contributed by atoms with Gasteiger partial charge in [0, 0.05) is 24.1 Å². The molecule has 1 N–H and O–H groups in total. The number of rotatable bonds is 3. The highest BCUT2D eigenvalue weighted by Crippen LogP contribution is 2.34. The van der Waals surface area contributed by atoms with E-state index in [9.17, 15) is 0 Å². The molecule has 0 amide bonds. The molecular formula is C12H16ClNO. The van der Waals surface area contributed by atoms with Gasteiger partial charge in [-0.1, -0.05) is 23.7 Å². The molecule has 1 aromatic rings. The van der Waals surface area contributed by atoms with Crippen molar-refractivity contribution < 1.29 is 4.74 Å². The maximum atomic E-state index is 5.98. The summed E-state index contributed by atoms with van der Waals surface area (Å²) in [5.41, 5.74) is 1.19. The van der Waals surface area contributed by atoms with Crippen LogP contribution in [0.1, 0.15) is 18.1 Å². The molecule has 2 rings (SSSR count). The third kappa shape index (κ3) is 2.51. The summed E-state index contributed by atoms with van der Waals surface area (Å²) in [5.74, 6) is 0.563. The highest BCUT2D eigenvalue weighted by atomic mass is 35.5. The summed E-state index contributed by atoms with van der Waals surface area (Å²) in [5, 5.41) is 3.99. The van der Waals surface area contributed by atoms with Crippen molar-refractivity contribution in [2.45, 2.75) is 12.5 Å². The van der Waals surface area contributed by atoms with Crippen LogP contribution in [0.25, 0.3) is 0 Å². The minimum Gasteiger partial charge on any atom is -0.373 e. The van der Waals surface area contributed by atoms with E-state index in [4.69, 9.17) is 16.3 Å². The van der Waals surface area contributed by atoms with E-state index in [1.165, 1.54) is 5.56 Å². The predicted molar refractivity (Wildman–Crippen MR) is 62.2 cm³/mol. The summed E-state index contributed by atoms with van der Waals surface area (Å²) in [6.07, 6.45) is 1.33. The molecule has 0 radical (unpaired) electrons. The molecule has 0 bridgehead atoms. The molecule has 0 saturated carbocycles. The zero-order chi connectivity index (χ0) is 10.7. The third-order valence-electron chi connectivity index (χ3n) is 2.86. The van der Waals surface area contributed by atoms with Gasteiger partial charge in [0.1, 0.15) is 0 Å². The number of halogens is 1. The van der Waals surface area contributed by atoms with Gasteiger partial charge in [0.05, 0.1) is 6.10 Å². The summed E-state index contributed by atoms with van der Waals surface area (Å²) >= 11 is 5.98. The molecule has 0 spiro atoms. The molecule has 1 aromatic carbocycles. The smallest absolute Gasteiger partial charge is 0.0866 e. The second-order valence-corrected chi connectivity index (χ2v) is 4.39. The van der Waals surface area contributed by atoms with Crippen molar-refractivity contribution in [3.8, 4) is 0 Å². The lowest BCUT2D eigenvalue weighted by atomic mass is 9.95. The highest BCUT2D eigenvalue weighted by Gasteiger charge is 2.28. The Morgan fingerprint density at radius 1 is 1.53 bits per heavy atom. The maximum absolute atomic E-state index is 5.98. The highest BCUT2D eigenvalue weighted by molar-refractivity contribution is 6.30. The van der Waals surface area contributed by atoms with Crippen LogP contribution in [0.2, 0.25) is 5.02 Å². The van der Waals surface area contributed by atoms with Crippen molar-refractivity contribution in [2.24, 2.45) is 5.92 Å². The number of nitrogens with one attached hydrogen (secondary N) is 1. The van der Waals surface area contributed by atoms with E-state index >= 15 is 0 Å². The molecule has 1 fully saturated rings. The van der Waals surface area contributed by atoms with Crippen LogP contribution in [0.15, 0.2) is 24.3 Å². The minimum atomic E-state index is 0.205. The minimum absolute atomic E-state index is 0.205. The van der Waals surface area contributed by atoms with Crippen LogP contribution in [0.4, 0.5) is 0 Å². The molecule has 2 nitrogen and oxygen atoms in total.